The molecular formula is C41H45BN2Si. The molecule has 0 spiro atoms. The van der Waals surface area contributed by atoms with Crippen molar-refractivity contribution in [3.63, 3.8) is 0 Å². The SMILES string of the molecule is CB(c1ccccc1)c1ccccc1.CCCCCCc1ccc([SiH2]C(c2ccccc2)(c2ccccc2)n2ccnc2)cc1. The van der Waals surface area contributed by atoms with Crippen molar-refractivity contribution in [3.8, 4) is 0 Å². The van der Waals surface area contributed by atoms with Gasteiger partial charge in [0.05, 0.1) is 21.0 Å². The van der Waals surface area contributed by atoms with Gasteiger partial charge >= 0.3 is 0 Å². The third-order valence-corrected chi connectivity index (χ3v) is 11.4. The van der Waals surface area contributed by atoms with Crippen molar-refractivity contribution in [2.24, 2.45) is 0 Å². The number of aryl methyl sites for hydroxylation is 1. The van der Waals surface area contributed by atoms with E-state index in [9.17, 15) is 0 Å². The topological polar surface area (TPSA) is 17.8 Å². The van der Waals surface area contributed by atoms with Crippen LogP contribution in [0.4, 0.5) is 0 Å². The van der Waals surface area contributed by atoms with Crippen LogP contribution in [0.5, 0.6) is 0 Å². The zero-order valence-electron chi connectivity index (χ0n) is 26.8. The van der Waals surface area contributed by atoms with Gasteiger partial charge in [-0.2, -0.15) is 0 Å². The van der Waals surface area contributed by atoms with Crippen LogP contribution in [0.2, 0.25) is 6.82 Å². The second-order valence-electron chi connectivity index (χ2n) is 11.9. The summed E-state index contributed by atoms with van der Waals surface area (Å²) in [6.07, 6.45) is 12.4. The Labute approximate surface area is 273 Å². The first-order valence-electron chi connectivity index (χ1n) is 16.5. The molecule has 0 radical (unpaired) electrons. The van der Waals surface area contributed by atoms with Crippen molar-refractivity contribution in [1.29, 1.82) is 0 Å². The second kappa shape index (κ2) is 16.6. The number of unbranched alkanes of at least 4 members (excludes halogenated alkanes) is 3. The molecule has 226 valence electrons. The van der Waals surface area contributed by atoms with E-state index in [-0.39, 0.29) is 5.16 Å². The summed E-state index contributed by atoms with van der Waals surface area (Å²) in [5.74, 6) is 0. The number of hydrogen-bond donors (Lipinski definition) is 0. The summed E-state index contributed by atoms with van der Waals surface area (Å²) in [5, 5.41) is 1.26. The molecule has 0 bridgehead atoms. The van der Waals surface area contributed by atoms with Gasteiger partial charge in [0.2, 0.25) is 6.71 Å². The molecule has 0 amide bonds. The molecule has 0 aliphatic carbocycles. The standard InChI is InChI=1S/C28H32N2Si.C13H13B/c1-2-3-4-7-12-24-17-19-27(20-18-24)31-28(30-22-21-29-23-30,25-13-8-5-9-14-25)26-15-10-6-11-16-26;1-14(12-8-4-2-5-9-12)13-10-6-3-7-11-13/h5-6,8-11,13-23H,2-4,7,12,31H2,1H3;2-11H,1H3. The molecule has 0 aliphatic rings. The van der Waals surface area contributed by atoms with Gasteiger partial charge in [-0.3, -0.25) is 0 Å². The van der Waals surface area contributed by atoms with Crippen LogP contribution in [0.25, 0.3) is 0 Å². The quantitative estimate of drug-likeness (QED) is 0.107. The van der Waals surface area contributed by atoms with E-state index in [1.807, 2.05) is 12.5 Å². The van der Waals surface area contributed by atoms with Gasteiger partial charge in [-0.15, -0.1) is 0 Å². The van der Waals surface area contributed by atoms with Crippen LogP contribution in [0.1, 0.15) is 49.3 Å². The minimum atomic E-state index is -0.790. The van der Waals surface area contributed by atoms with Crippen LogP contribution in [-0.2, 0) is 11.6 Å². The summed E-state index contributed by atoms with van der Waals surface area (Å²) in [7, 11) is -0.790. The van der Waals surface area contributed by atoms with E-state index >= 15 is 0 Å². The van der Waals surface area contributed by atoms with E-state index in [0.29, 0.717) is 6.71 Å². The van der Waals surface area contributed by atoms with Gasteiger partial charge in [-0.1, -0.05) is 195 Å². The van der Waals surface area contributed by atoms with Crippen molar-refractivity contribution in [3.05, 3.63) is 181 Å². The van der Waals surface area contributed by atoms with E-state index in [1.54, 1.807) is 0 Å². The number of rotatable bonds is 12. The Balaban J connectivity index is 0.000000238. The fraction of sp³-hybridized carbons (Fsp3) is 0.195. The van der Waals surface area contributed by atoms with Crippen LogP contribution in [0, 0.1) is 0 Å². The molecule has 0 N–H and O–H groups in total. The van der Waals surface area contributed by atoms with Gasteiger partial charge in [0.1, 0.15) is 0 Å². The molecule has 45 heavy (non-hydrogen) atoms. The molecule has 4 heteroatoms. The Hall–Kier alpha value is -4.41. The highest BCUT2D eigenvalue weighted by atomic mass is 28.2. The van der Waals surface area contributed by atoms with Crippen molar-refractivity contribution >= 4 is 32.3 Å². The normalized spacial score (nSPS) is 11.2. The Morgan fingerprint density at radius 3 is 1.60 bits per heavy atom. The maximum atomic E-state index is 4.43. The van der Waals surface area contributed by atoms with E-state index in [2.05, 4.69) is 175 Å². The van der Waals surface area contributed by atoms with Gasteiger partial charge in [-0.05, 0) is 29.5 Å². The van der Waals surface area contributed by atoms with Gasteiger partial charge in [0.25, 0.3) is 0 Å². The zero-order valence-corrected chi connectivity index (χ0v) is 28.2. The molecule has 2 nitrogen and oxygen atoms in total. The Morgan fingerprint density at radius 2 is 1.13 bits per heavy atom. The lowest BCUT2D eigenvalue weighted by atomic mass is 9.43. The lowest BCUT2D eigenvalue weighted by Gasteiger charge is -2.37. The Kier molecular flexibility index (Phi) is 11.8. The lowest BCUT2D eigenvalue weighted by molar-refractivity contribution is 0.596. The van der Waals surface area contributed by atoms with Crippen molar-refractivity contribution < 1.29 is 0 Å². The van der Waals surface area contributed by atoms with E-state index in [0.717, 1.165) is 0 Å². The summed E-state index contributed by atoms with van der Waals surface area (Å²) < 4.78 is 2.32. The van der Waals surface area contributed by atoms with Crippen molar-refractivity contribution in [2.75, 3.05) is 0 Å². The van der Waals surface area contributed by atoms with E-state index in [4.69, 9.17) is 0 Å². The Bertz CT molecular complexity index is 1560. The molecule has 0 fully saturated rings. The predicted octanol–water partition coefficient (Wildman–Crippen LogP) is 7.18. The Morgan fingerprint density at radius 1 is 0.622 bits per heavy atom. The average Bonchev–Trinajstić information content (AvgIpc) is 3.67. The molecule has 6 aromatic rings. The number of hydrogen-bond acceptors (Lipinski definition) is 1. The molecule has 6 rings (SSSR count). The molecule has 0 atom stereocenters. The zero-order chi connectivity index (χ0) is 31.2. The van der Waals surface area contributed by atoms with Crippen LogP contribution in [-0.4, -0.2) is 25.8 Å². The third kappa shape index (κ3) is 8.40. The molecule has 1 heterocycles. The third-order valence-electron chi connectivity index (χ3n) is 8.85. The fourth-order valence-corrected chi connectivity index (χ4v) is 8.54. The maximum absolute atomic E-state index is 4.43. The van der Waals surface area contributed by atoms with Gasteiger partial charge in [0, 0.05) is 12.4 Å². The minimum Gasteiger partial charge on any atom is -0.326 e. The highest BCUT2D eigenvalue weighted by Crippen LogP contribution is 2.33. The molecule has 1 aromatic heterocycles. The van der Waals surface area contributed by atoms with Crippen molar-refractivity contribution in [1.82, 2.24) is 9.55 Å². The second-order valence-corrected chi connectivity index (χ2v) is 14.1. The fourth-order valence-electron chi connectivity index (χ4n) is 6.22. The molecule has 0 aliphatic heterocycles. The first-order chi connectivity index (χ1) is 22.2. The highest BCUT2D eigenvalue weighted by Gasteiger charge is 2.36. The maximum Gasteiger partial charge on any atom is 0.206 e. The van der Waals surface area contributed by atoms with Crippen molar-refractivity contribution in [2.45, 2.75) is 51.0 Å². The predicted molar refractivity (Wildman–Crippen MR) is 198 cm³/mol. The number of aromatic nitrogens is 2. The van der Waals surface area contributed by atoms with Crippen LogP contribution < -0.4 is 16.1 Å². The minimum absolute atomic E-state index is 0.207. The number of benzene rings is 5. The molecule has 5 aromatic carbocycles. The van der Waals surface area contributed by atoms with Crippen LogP contribution in [0.3, 0.4) is 0 Å². The summed E-state index contributed by atoms with van der Waals surface area (Å²) in [6.45, 7) is 4.99. The number of nitrogens with zero attached hydrogens (tertiary/aromatic N) is 2. The van der Waals surface area contributed by atoms with Gasteiger partial charge in [-0.25, -0.2) is 4.98 Å². The average molecular weight is 605 g/mol. The lowest BCUT2D eigenvalue weighted by Crippen LogP contribution is -2.46. The number of imidazole rings is 1. The summed E-state index contributed by atoms with van der Waals surface area (Å²) >= 11 is 0. The monoisotopic (exact) mass is 604 g/mol. The first-order valence-corrected chi connectivity index (χ1v) is 17.9. The van der Waals surface area contributed by atoms with E-state index < -0.39 is 9.52 Å². The summed E-state index contributed by atoms with van der Waals surface area (Å²) in [6, 6.07) is 52.5. The molecule has 0 saturated carbocycles. The largest absolute Gasteiger partial charge is 0.326 e. The van der Waals surface area contributed by atoms with Crippen LogP contribution in [0.15, 0.2) is 164 Å². The summed E-state index contributed by atoms with van der Waals surface area (Å²) in [4.78, 5) is 4.43. The van der Waals surface area contributed by atoms with Gasteiger partial charge < -0.3 is 4.57 Å². The molecule has 0 saturated heterocycles. The van der Waals surface area contributed by atoms with E-state index in [1.165, 1.54) is 64.9 Å². The van der Waals surface area contributed by atoms with Crippen LogP contribution >= 0.6 is 0 Å². The molecule has 0 unspecified atom stereocenters. The summed E-state index contributed by atoms with van der Waals surface area (Å²) in [5.41, 5.74) is 6.86. The highest BCUT2D eigenvalue weighted by molar-refractivity contribution is 6.84. The van der Waals surface area contributed by atoms with Gasteiger partial charge in [0.15, 0.2) is 0 Å². The molecular weight excluding hydrogens is 559 g/mol. The smallest absolute Gasteiger partial charge is 0.206 e. The first kappa shape index (κ1) is 32.0.